The maximum absolute atomic E-state index is 12.9. The quantitative estimate of drug-likeness (QED) is 0.774. The summed E-state index contributed by atoms with van der Waals surface area (Å²) >= 11 is 0. The maximum atomic E-state index is 12.9. The number of benzene rings is 2. The number of hydrogen-bond acceptors (Lipinski definition) is 2. The molecule has 1 saturated heterocycles. The number of quaternary nitrogens is 1. The van der Waals surface area contributed by atoms with Crippen molar-refractivity contribution in [3.63, 3.8) is 0 Å². The second-order valence-corrected chi connectivity index (χ2v) is 7.69. The molecule has 2 N–H and O–H groups in total. The Labute approximate surface area is 169 Å². The number of amides is 1. The van der Waals surface area contributed by atoms with Crippen LogP contribution in [0.3, 0.4) is 0 Å². The maximum Gasteiger partial charge on any atom is 0.416 e. The van der Waals surface area contributed by atoms with Gasteiger partial charge in [0.25, 0.3) is 5.91 Å². The molecule has 0 spiro atoms. The minimum atomic E-state index is -4.47. The average Bonchev–Trinajstić information content (AvgIpc) is 3.22. The second kappa shape index (κ2) is 8.86. The largest absolute Gasteiger partial charge is 0.416 e. The van der Waals surface area contributed by atoms with Gasteiger partial charge in [0.2, 0.25) is 0 Å². The van der Waals surface area contributed by atoms with Crippen LogP contribution in [-0.4, -0.2) is 39.6 Å². The molecule has 2 aromatic carbocycles. The lowest BCUT2D eigenvalue weighted by atomic mass is 10.0. The van der Waals surface area contributed by atoms with Gasteiger partial charge < -0.3 is 15.1 Å². The van der Waals surface area contributed by atoms with Gasteiger partial charge in [-0.25, -0.2) is 0 Å². The van der Waals surface area contributed by atoms with E-state index in [0.29, 0.717) is 6.54 Å². The molecule has 156 valence electrons. The predicted molar refractivity (Wildman–Crippen MR) is 107 cm³/mol. The van der Waals surface area contributed by atoms with E-state index in [1.54, 1.807) is 0 Å². The van der Waals surface area contributed by atoms with E-state index in [-0.39, 0.29) is 11.6 Å². The summed E-state index contributed by atoms with van der Waals surface area (Å²) in [5.74, 6) is -0.482. The molecule has 3 rings (SSSR count). The Balaban J connectivity index is 1.74. The highest BCUT2D eigenvalue weighted by molar-refractivity contribution is 5.94. The molecule has 4 nitrogen and oxygen atoms in total. The third-order valence-corrected chi connectivity index (χ3v) is 5.47. The Morgan fingerprint density at radius 3 is 2.34 bits per heavy atom. The first-order valence-electron chi connectivity index (χ1n) is 9.83. The van der Waals surface area contributed by atoms with E-state index in [0.717, 1.165) is 49.3 Å². The number of carbonyl (C=O) groups is 1. The van der Waals surface area contributed by atoms with Crippen LogP contribution < -0.4 is 15.1 Å². The van der Waals surface area contributed by atoms with E-state index in [1.807, 2.05) is 31.1 Å². The van der Waals surface area contributed by atoms with Crippen LogP contribution >= 0.6 is 0 Å². The van der Waals surface area contributed by atoms with E-state index in [1.165, 1.54) is 17.0 Å². The molecule has 0 unspecified atom stereocenters. The van der Waals surface area contributed by atoms with Gasteiger partial charge in [0.15, 0.2) is 0 Å². The van der Waals surface area contributed by atoms with Gasteiger partial charge in [-0.2, -0.15) is 13.2 Å². The number of hydrogen-bond donors (Lipinski definition) is 2. The Kier molecular flexibility index (Phi) is 6.47. The highest BCUT2D eigenvalue weighted by atomic mass is 19.4. The minimum Gasteiger partial charge on any atom is -0.378 e. The molecule has 1 heterocycles. The van der Waals surface area contributed by atoms with Crippen molar-refractivity contribution in [3.8, 4) is 0 Å². The van der Waals surface area contributed by atoms with Gasteiger partial charge in [0, 0.05) is 43.8 Å². The molecule has 1 aliphatic rings. The van der Waals surface area contributed by atoms with Crippen LogP contribution in [0.25, 0.3) is 0 Å². The zero-order valence-corrected chi connectivity index (χ0v) is 16.7. The Morgan fingerprint density at radius 2 is 1.76 bits per heavy atom. The van der Waals surface area contributed by atoms with Crippen LogP contribution in [0.4, 0.5) is 18.9 Å². The van der Waals surface area contributed by atoms with Crippen molar-refractivity contribution >= 4 is 11.6 Å². The molecule has 0 bridgehead atoms. The molecule has 7 heteroatoms. The van der Waals surface area contributed by atoms with Gasteiger partial charge in [-0.1, -0.05) is 18.2 Å². The van der Waals surface area contributed by atoms with E-state index < -0.39 is 17.6 Å². The van der Waals surface area contributed by atoms with Crippen LogP contribution in [0.2, 0.25) is 0 Å². The number of rotatable bonds is 6. The monoisotopic (exact) mass is 406 g/mol. The number of anilines is 1. The molecule has 2 aromatic rings. The van der Waals surface area contributed by atoms with Crippen molar-refractivity contribution in [2.24, 2.45) is 0 Å². The van der Waals surface area contributed by atoms with Crippen LogP contribution in [0.15, 0.2) is 48.5 Å². The first-order valence-corrected chi connectivity index (χ1v) is 9.83. The molecule has 0 saturated carbocycles. The van der Waals surface area contributed by atoms with Crippen LogP contribution in [0.1, 0.15) is 40.4 Å². The normalized spacial score (nSPS) is 15.9. The summed E-state index contributed by atoms with van der Waals surface area (Å²) in [5.41, 5.74) is 1.43. The summed E-state index contributed by atoms with van der Waals surface area (Å²) in [6, 6.07) is 12.9. The lowest BCUT2D eigenvalue weighted by Crippen LogP contribution is -3.11. The third kappa shape index (κ3) is 5.29. The highest BCUT2D eigenvalue weighted by Crippen LogP contribution is 2.29. The van der Waals surface area contributed by atoms with E-state index in [9.17, 15) is 18.0 Å². The molecule has 1 aliphatic heterocycles. The van der Waals surface area contributed by atoms with Crippen molar-refractivity contribution in [1.29, 1.82) is 0 Å². The average molecular weight is 406 g/mol. The minimum absolute atomic E-state index is 0.0259. The molecule has 1 amide bonds. The number of nitrogens with zero attached hydrogens (tertiary/aromatic N) is 1. The van der Waals surface area contributed by atoms with Gasteiger partial charge >= 0.3 is 6.18 Å². The molecular formula is C22H27F3N3O+. The van der Waals surface area contributed by atoms with Gasteiger partial charge in [0.05, 0.1) is 25.2 Å². The Bertz CT molecular complexity index is 828. The zero-order chi connectivity index (χ0) is 21.0. The molecule has 29 heavy (non-hydrogen) atoms. The Hall–Kier alpha value is -2.54. The Morgan fingerprint density at radius 1 is 1.10 bits per heavy atom. The summed E-state index contributed by atoms with van der Waals surface area (Å²) in [7, 11) is 3.96. The number of likely N-dealkylation sites (tertiary alicyclic amines) is 1. The molecule has 1 atom stereocenters. The highest BCUT2D eigenvalue weighted by Gasteiger charge is 2.31. The zero-order valence-electron chi connectivity index (χ0n) is 16.7. The van der Waals surface area contributed by atoms with E-state index in [4.69, 9.17) is 0 Å². The summed E-state index contributed by atoms with van der Waals surface area (Å²) in [6.45, 7) is 2.44. The van der Waals surface area contributed by atoms with E-state index in [2.05, 4.69) is 17.4 Å². The second-order valence-electron chi connectivity index (χ2n) is 7.69. The molecule has 0 radical (unpaired) electrons. The number of nitrogens with one attached hydrogen (secondary N) is 2. The fourth-order valence-electron chi connectivity index (χ4n) is 3.81. The summed E-state index contributed by atoms with van der Waals surface area (Å²) < 4.78 is 38.8. The first-order chi connectivity index (χ1) is 13.8. The number of halogens is 3. The van der Waals surface area contributed by atoms with Crippen molar-refractivity contribution in [1.82, 2.24) is 5.32 Å². The van der Waals surface area contributed by atoms with Crippen LogP contribution in [0, 0.1) is 0 Å². The standard InChI is InChI=1S/C22H26F3N3O/c1-27(2)19-10-8-16(9-11-19)20(28-12-3-4-13-28)15-26-21(29)17-6-5-7-18(14-17)22(23,24)25/h5-11,14,20H,3-4,12-13,15H2,1-2H3,(H,26,29)/p+1/t20-/m1/s1. The predicted octanol–water partition coefficient (Wildman–Crippen LogP) is 2.92. The SMILES string of the molecule is CN(C)c1ccc([C@@H](CNC(=O)c2cccc(C(F)(F)F)c2)[NH+]2CCCC2)cc1. The first kappa shape index (κ1) is 21.2. The number of alkyl halides is 3. The van der Waals surface area contributed by atoms with Gasteiger partial charge in [0.1, 0.15) is 6.04 Å². The van der Waals surface area contributed by atoms with Crippen molar-refractivity contribution in [3.05, 3.63) is 65.2 Å². The van der Waals surface area contributed by atoms with Crippen LogP contribution in [0.5, 0.6) is 0 Å². The van der Waals surface area contributed by atoms with Crippen molar-refractivity contribution in [2.75, 3.05) is 38.6 Å². The van der Waals surface area contributed by atoms with Gasteiger partial charge in [-0.15, -0.1) is 0 Å². The topological polar surface area (TPSA) is 36.8 Å². The molecular weight excluding hydrogens is 379 g/mol. The molecule has 0 aliphatic carbocycles. The van der Waals surface area contributed by atoms with Crippen molar-refractivity contribution < 1.29 is 22.9 Å². The lowest BCUT2D eigenvalue weighted by Gasteiger charge is -2.26. The summed E-state index contributed by atoms with van der Waals surface area (Å²) in [6.07, 6.45) is -2.18. The molecule has 0 aromatic heterocycles. The van der Waals surface area contributed by atoms with Crippen LogP contribution in [-0.2, 0) is 6.18 Å². The fraction of sp³-hybridized carbons (Fsp3) is 0.409. The molecule has 1 fully saturated rings. The summed E-state index contributed by atoms with van der Waals surface area (Å²) in [5, 5.41) is 2.85. The lowest BCUT2D eigenvalue weighted by molar-refractivity contribution is -0.918. The fourth-order valence-corrected chi connectivity index (χ4v) is 3.81. The smallest absolute Gasteiger partial charge is 0.378 e. The van der Waals surface area contributed by atoms with Gasteiger partial charge in [-0.05, 0) is 30.3 Å². The van der Waals surface area contributed by atoms with Crippen molar-refractivity contribution in [2.45, 2.75) is 25.1 Å². The van der Waals surface area contributed by atoms with E-state index >= 15 is 0 Å². The van der Waals surface area contributed by atoms with Gasteiger partial charge in [-0.3, -0.25) is 4.79 Å². The third-order valence-electron chi connectivity index (χ3n) is 5.47. The number of carbonyl (C=O) groups excluding carboxylic acids is 1. The summed E-state index contributed by atoms with van der Waals surface area (Å²) in [4.78, 5) is 15.9.